The number of carbonyl (C=O) groups is 1. The Bertz CT molecular complexity index is 843. The molecule has 2 aromatic rings. The van der Waals surface area contributed by atoms with Crippen molar-refractivity contribution in [1.29, 1.82) is 0 Å². The highest BCUT2D eigenvalue weighted by molar-refractivity contribution is 5.85. The number of halogens is 1. The van der Waals surface area contributed by atoms with E-state index in [9.17, 15) is 4.79 Å². The van der Waals surface area contributed by atoms with Crippen LogP contribution in [0.1, 0.15) is 54.4 Å². The van der Waals surface area contributed by atoms with Crippen LogP contribution in [0.3, 0.4) is 0 Å². The third-order valence-electron chi connectivity index (χ3n) is 6.44. The van der Waals surface area contributed by atoms with Gasteiger partial charge in [-0.15, -0.1) is 12.4 Å². The van der Waals surface area contributed by atoms with Crippen LogP contribution >= 0.6 is 12.4 Å². The fourth-order valence-electron chi connectivity index (χ4n) is 4.95. The molecule has 0 spiro atoms. The summed E-state index contributed by atoms with van der Waals surface area (Å²) in [5.41, 5.74) is 7.04. The average molecular weight is 426 g/mol. The van der Waals surface area contributed by atoms with Gasteiger partial charge in [0.1, 0.15) is 0 Å². The molecular weight excluding hydrogens is 394 g/mol. The van der Waals surface area contributed by atoms with Crippen LogP contribution in [0.15, 0.2) is 54.6 Å². The molecule has 1 unspecified atom stereocenters. The lowest BCUT2D eigenvalue weighted by Crippen LogP contribution is -2.36. The largest absolute Gasteiger partial charge is 0.481 e. The lowest BCUT2D eigenvalue weighted by Gasteiger charge is -2.32. The molecule has 0 aromatic heterocycles. The maximum absolute atomic E-state index is 10.9. The van der Waals surface area contributed by atoms with Crippen molar-refractivity contribution in [3.63, 3.8) is 0 Å². The van der Waals surface area contributed by atoms with Gasteiger partial charge in [-0.3, -0.25) is 4.79 Å². The molecule has 0 radical (unpaired) electrons. The second-order valence-corrected chi connectivity index (χ2v) is 8.46. The monoisotopic (exact) mass is 425 g/mol. The predicted octanol–water partition coefficient (Wildman–Crippen LogP) is 5.61. The van der Waals surface area contributed by atoms with Crippen LogP contribution in [-0.2, 0) is 17.6 Å². The van der Waals surface area contributed by atoms with E-state index in [0.29, 0.717) is 12.3 Å². The van der Waals surface area contributed by atoms with Gasteiger partial charge in [-0.1, -0.05) is 54.6 Å². The number of nitrogens with zero attached hydrogens (tertiary/aromatic N) is 1. The first-order valence-electron chi connectivity index (χ1n) is 11.0. The Kier molecular flexibility index (Phi) is 8.12. The number of aliphatic carboxylic acids is 1. The standard InChI is InChI=1S/C26H31NO2.ClH/c28-26(29)16-13-20-7-5-17-27(19-20)18-6-12-25-23-10-3-1-8-21(23)14-15-22-9-2-4-11-24(22)25;/h1-4,8-12,20H,5-7,13-19H2,(H,28,29);1H. The van der Waals surface area contributed by atoms with Crippen molar-refractivity contribution in [1.82, 2.24) is 4.90 Å². The summed E-state index contributed by atoms with van der Waals surface area (Å²) < 4.78 is 0. The summed E-state index contributed by atoms with van der Waals surface area (Å²) in [5.74, 6) is -0.135. The number of likely N-dealkylation sites (tertiary alicyclic amines) is 1. The van der Waals surface area contributed by atoms with Crippen LogP contribution < -0.4 is 0 Å². The van der Waals surface area contributed by atoms with E-state index >= 15 is 0 Å². The van der Waals surface area contributed by atoms with Crippen molar-refractivity contribution >= 4 is 23.9 Å². The number of piperidine rings is 1. The normalized spacial score (nSPS) is 18.5. The SMILES string of the molecule is Cl.O=C(O)CCC1CCCN(CCC=C2c3ccccc3CCc3ccccc32)C1. The highest BCUT2D eigenvalue weighted by Crippen LogP contribution is 2.33. The zero-order chi connectivity index (χ0) is 20.1. The summed E-state index contributed by atoms with van der Waals surface area (Å²) in [4.78, 5) is 13.4. The number of rotatable bonds is 6. The molecule has 1 aliphatic carbocycles. The minimum atomic E-state index is -0.669. The first-order valence-corrected chi connectivity index (χ1v) is 11.0. The number of aryl methyl sites for hydroxylation is 2. The molecule has 30 heavy (non-hydrogen) atoms. The van der Waals surface area contributed by atoms with Gasteiger partial charge >= 0.3 is 5.97 Å². The van der Waals surface area contributed by atoms with E-state index in [4.69, 9.17) is 5.11 Å². The maximum Gasteiger partial charge on any atom is 0.303 e. The van der Waals surface area contributed by atoms with Gasteiger partial charge in [0.05, 0.1) is 0 Å². The van der Waals surface area contributed by atoms with E-state index in [0.717, 1.165) is 45.3 Å². The number of hydrogen-bond donors (Lipinski definition) is 1. The number of benzene rings is 2. The summed E-state index contributed by atoms with van der Waals surface area (Å²) >= 11 is 0. The quantitative estimate of drug-likeness (QED) is 0.654. The molecule has 160 valence electrons. The van der Waals surface area contributed by atoms with Gasteiger partial charge in [-0.25, -0.2) is 0 Å². The van der Waals surface area contributed by atoms with Crippen LogP contribution in [-0.4, -0.2) is 35.6 Å². The number of carboxylic acids is 1. The number of hydrogen-bond acceptors (Lipinski definition) is 2. The first-order chi connectivity index (χ1) is 14.2. The van der Waals surface area contributed by atoms with Gasteiger partial charge in [0.25, 0.3) is 0 Å². The van der Waals surface area contributed by atoms with Gasteiger partial charge in [0, 0.05) is 19.5 Å². The number of carboxylic acid groups (broad SMARTS) is 1. The van der Waals surface area contributed by atoms with Gasteiger partial charge in [0.15, 0.2) is 0 Å². The van der Waals surface area contributed by atoms with E-state index < -0.39 is 5.97 Å². The van der Waals surface area contributed by atoms with Crippen molar-refractivity contribution in [3.8, 4) is 0 Å². The Balaban J connectivity index is 0.00000256. The predicted molar refractivity (Wildman–Crippen MR) is 125 cm³/mol. The van der Waals surface area contributed by atoms with E-state index in [1.54, 1.807) is 0 Å². The molecule has 0 amide bonds. The molecule has 1 saturated heterocycles. The van der Waals surface area contributed by atoms with Gasteiger partial charge in [-0.05, 0) is 78.8 Å². The Morgan fingerprint density at radius 1 is 1.03 bits per heavy atom. The van der Waals surface area contributed by atoms with Gasteiger partial charge in [-0.2, -0.15) is 0 Å². The summed E-state index contributed by atoms with van der Waals surface area (Å²) in [5, 5.41) is 8.96. The number of fused-ring (bicyclic) bond motifs is 2. The summed E-state index contributed by atoms with van der Waals surface area (Å²) in [7, 11) is 0. The van der Waals surface area contributed by atoms with E-state index in [2.05, 4.69) is 59.5 Å². The molecule has 4 rings (SSSR count). The van der Waals surface area contributed by atoms with Crippen LogP contribution in [0.2, 0.25) is 0 Å². The Hall–Kier alpha value is -2.10. The first kappa shape index (κ1) is 22.6. The van der Waals surface area contributed by atoms with Crippen molar-refractivity contribution in [3.05, 3.63) is 76.9 Å². The maximum atomic E-state index is 10.9. The molecular formula is C26H32ClNO2. The van der Waals surface area contributed by atoms with Crippen molar-refractivity contribution in [2.24, 2.45) is 5.92 Å². The molecule has 1 heterocycles. The summed E-state index contributed by atoms with van der Waals surface area (Å²) in [6.45, 7) is 3.24. The van der Waals surface area contributed by atoms with E-state index in [1.807, 2.05) is 0 Å². The molecule has 2 aromatic carbocycles. The lowest BCUT2D eigenvalue weighted by atomic mass is 9.92. The minimum Gasteiger partial charge on any atom is -0.481 e. The van der Waals surface area contributed by atoms with Crippen molar-refractivity contribution in [2.75, 3.05) is 19.6 Å². The molecule has 1 atom stereocenters. The van der Waals surface area contributed by atoms with Crippen molar-refractivity contribution in [2.45, 2.75) is 44.9 Å². The Labute approximate surface area is 186 Å². The topological polar surface area (TPSA) is 40.5 Å². The summed E-state index contributed by atoms with van der Waals surface area (Å²) in [6, 6.07) is 17.7. The van der Waals surface area contributed by atoms with Gasteiger partial charge in [0.2, 0.25) is 0 Å². The van der Waals surface area contributed by atoms with Crippen molar-refractivity contribution < 1.29 is 9.90 Å². The highest BCUT2D eigenvalue weighted by Gasteiger charge is 2.21. The second-order valence-electron chi connectivity index (χ2n) is 8.46. The van der Waals surface area contributed by atoms with Gasteiger partial charge < -0.3 is 10.0 Å². The fourth-order valence-corrected chi connectivity index (χ4v) is 4.95. The molecule has 3 nitrogen and oxygen atoms in total. The third-order valence-corrected chi connectivity index (χ3v) is 6.44. The molecule has 1 aliphatic heterocycles. The van der Waals surface area contributed by atoms with E-state index in [1.165, 1.54) is 40.7 Å². The van der Waals surface area contributed by atoms with Crippen LogP contribution in [0.5, 0.6) is 0 Å². The molecule has 1 fully saturated rings. The second kappa shape index (κ2) is 10.8. The third kappa shape index (κ3) is 5.53. The molecule has 1 N–H and O–H groups in total. The zero-order valence-electron chi connectivity index (χ0n) is 17.6. The average Bonchev–Trinajstić information content (AvgIpc) is 2.90. The van der Waals surface area contributed by atoms with E-state index in [-0.39, 0.29) is 12.4 Å². The lowest BCUT2D eigenvalue weighted by molar-refractivity contribution is -0.137. The molecule has 0 saturated carbocycles. The highest BCUT2D eigenvalue weighted by atomic mass is 35.5. The smallest absolute Gasteiger partial charge is 0.303 e. The fraction of sp³-hybridized carbons (Fsp3) is 0.423. The van der Waals surface area contributed by atoms with Crippen LogP contribution in [0.25, 0.3) is 5.57 Å². The summed E-state index contributed by atoms with van der Waals surface area (Å²) in [6.07, 6.45) is 9.14. The van der Waals surface area contributed by atoms with Crippen LogP contribution in [0, 0.1) is 5.92 Å². The molecule has 2 aliphatic rings. The zero-order valence-corrected chi connectivity index (χ0v) is 18.4. The molecule has 0 bridgehead atoms. The minimum absolute atomic E-state index is 0. The Morgan fingerprint density at radius 3 is 2.30 bits per heavy atom. The molecule has 4 heteroatoms. The van der Waals surface area contributed by atoms with Crippen LogP contribution in [0.4, 0.5) is 0 Å². The Morgan fingerprint density at radius 2 is 1.67 bits per heavy atom.